The lowest BCUT2D eigenvalue weighted by Gasteiger charge is -2.03. The van der Waals surface area contributed by atoms with Crippen molar-refractivity contribution in [1.29, 1.82) is 0 Å². The zero-order valence-electron chi connectivity index (χ0n) is 9.53. The molecule has 1 atom stereocenters. The fourth-order valence-electron chi connectivity index (χ4n) is 1.19. The van der Waals surface area contributed by atoms with Crippen LogP contribution < -0.4 is 4.74 Å². The summed E-state index contributed by atoms with van der Waals surface area (Å²) in [5.41, 5.74) is 0.524. The van der Waals surface area contributed by atoms with Crippen LogP contribution in [-0.4, -0.2) is 40.3 Å². The Hall–Kier alpha value is -2.34. The zero-order chi connectivity index (χ0) is 13.7. The minimum Gasteiger partial charge on any atom is -0.504 e. The number of rotatable bonds is 5. The monoisotopic (exact) mass is 252 g/mol. The molecule has 0 aromatic heterocycles. The minimum absolute atomic E-state index is 0.0495. The van der Waals surface area contributed by atoms with Crippen molar-refractivity contribution in [3.63, 3.8) is 0 Å². The first-order valence-corrected chi connectivity index (χ1v) is 4.95. The van der Waals surface area contributed by atoms with Crippen molar-refractivity contribution in [3.05, 3.63) is 29.8 Å². The van der Waals surface area contributed by atoms with Gasteiger partial charge in [0.25, 0.3) is 0 Å². The fourth-order valence-corrected chi connectivity index (χ4v) is 1.19. The second-order valence-electron chi connectivity index (χ2n) is 3.41. The number of hydrogen-bond donors (Lipinski definition) is 3. The first kappa shape index (κ1) is 13.7. The molecule has 3 N–H and O–H groups in total. The van der Waals surface area contributed by atoms with Crippen LogP contribution in [0.5, 0.6) is 11.5 Å². The second-order valence-corrected chi connectivity index (χ2v) is 3.41. The topological polar surface area (TPSA) is 104 Å². The molecule has 1 unspecified atom stereocenters. The molecule has 0 aliphatic rings. The lowest BCUT2D eigenvalue weighted by atomic mass is 10.1. The highest BCUT2D eigenvalue weighted by Crippen LogP contribution is 2.26. The highest BCUT2D eigenvalue weighted by atomic mass is 16.5. The highest BCUT2D eigenvalue weighted by Gasteiger charge is 2.19. The maximum Gasteiger partial charge on any atom is 0.340 e. The predicted octanol–water partition coefficient (Wildman–Crippen LogP) is 0.429. The van der Waals surface area contributed by atoms with Gasteiger partial charge in [0.2, 0.25) is 6.10 Å². The number of aliphatic hydroxyl groups excluding tert-OH is 1. The Bertz CT molecular complexity index is 491. The number of ketones is 1. The Balaban J connectivity index is 2.85. The Morgan fingerprint density at radius 3 is 2.61 bits per heavy atom. The SMILES string of the molecule is COc1cc(/C=C/C(=O)C(O)C(=O)O)ccc1O. The molecule has 1 rings (SSSR count). The third kappa shape index (κ3) is 3.33. The van der Waals surface area contributed by atoms with E-state index in [1.54, 1.807) is 0 Å². The van der Waals surface area contributed by atoms with Crippen LogP contribution in [0, 0.1) is 0 Å². The number of carbonyl (C=O) groups excluding carboxylic acids is 1. The Kier molecular flexibility index (Phi) is 4.45. The number of aromatic hydroxyl groups is 1. The Morgan fingerprint density at radius 2 is 2.06 bits per heavy atom. The van der Waals surface area contributed by atoms with Crippen molar-refractivity contribution in [2.45, 2.75) is 6.10 Å². The molecule has 0 fully saturated rings. The molecule has 0 spiro atoms. The number of methoxy groups -OCH3 is 1. The van der Waals surface area contributed by atoms with Crippen molar-refractivity contribution in [2.75, 3.05) is 7.11 Å². The van der Waals surface area contributed by atoms with Crippen LogP contribution in [-0.2, 0) is 9.59 Å². The molecule has 0 amide bonds. The number of carboxylic acids is 1. The first-order chi connectivity index (χ1) is 8.45. The van der Waals surface area contributed by atoms with Gasteiger partial charge < -0.3 is 20.1 Å². The van der Waals surface area contributed by atoms with E-state index in [1.165, 1.54) is 31.4 Å². The first-order valence-electron chi connectivity index (χ1n) is 4.95. The minimum atomic E-state index is -2.07. The summed E-state index contributed by atoms with van der Waals surface area (Å²) >= 11 is 0. The maximum atomic E-state index is 11.2. The van der Waals surface area contributed by atoms with E-state index in [1.807, 2.05) is 0 Å². The molecular weight excluding hydrogens is 240 g/mol. The fraction of sp³-hybridized carbons (Fsp3) is 0.167. The molecule has 0 aliphatic heterocycles. The average Bonchev–Trinajstić information content (AvgIpc) is 2.36. The number of hydrogen-bond acceptors (Lipinski definition) is 5. The van der Waals surface area contributed by atoms with Crippen LogP contribution in [0.1, 0.15) is 5.56 Å². The van der Waals surface area contributed by atoms with Crippen LogP contribution in [0.4, 0.5) is 0 Å². The number of aliphatic carboxylic acids is 1. The van der Waals surface area contributed by atoms with Crippen LogP contribution in [0.3, 0.4) is 0 Å². The summed E-state index contributed by atoms with van der Waals surface area (Å²) < 4.78 is 4.87. The number of carbonyl (C=O) groups is 2. The van der Waals surface area contributed by atoms with Gasteiger partial charge in [0.1, 0.15) is 0 Å². The van der Waals surface area contributed by atoms with Crippen LogP contribution in [0.15, 0.2) is 24.3 Å². The molecule has 0 radical (unpaired) electrons. The normalized spacial score (nSPS) is 12.3. The molecule has 1 aromatic rings. The van der Waals surface area contributed by atoms with Gasteiger partial charge >= 0.3 is 5.97 Å². The van der Waals surface area contributed by atoms with E-state index >= 15 is 0 Å². The Labute approximate surface area is 103 Å². The van der Waals surface area contributed by atoms with Crippen LogP contribution in [0.2, 0.25) is 0 Å². The third-order valence-electron chi connectivity index (χ3n) is 2.15. The molecule has 6 nitrogen and oxygen atoms in total. The van der Waals surface area contributed by atoms with Crippen molar-refractivity contribution >= 4 is 17.8 Å². The molecule has 18 heavy (non-hydrogen) atoms. The standard InChI is InChI=1S/C12H12O6/c1-18-10-6-7(2-4-8(10)13)3-5-9(14)11(15)12(16)17/h2-6,11,13,15H,1H3,(H,16,17)/b5-3+. The number of phenols is 1. The van der Waals surface area contributed by atoms with Crippen molar-refractivity contribution in [2.24, 2.45) is 0 Å². The molecule has 0 heterocycles. The van der Waals surface area contributed by atoms with E-state index in [9.17, 15) is 14.7 Å². The lowest BCUT2D eigenvalue weighted by molar-refractivity contribution is -0.150. The summed E-state index contributed by atoms with van der Waals surface area (Å²) in [6, 6.07) is 4.34. The Morgan fingerprint density at radius 1 is 1.39 bits per heavy atom. The number of aliphatic hydroxyl groups is 1. The zero-order valence-corrected chi connectivity index (χ0v) is 9.53. The number of phenolic OH excluding ortho intramolecular Hbond substituents is 1. The second kappa shape index (κ2) is 5.83. The molecule has 1 aromatic carbocycles. The average molecular weight is 252 g/mol. The van der Waals surface area contributed by atoms with E-state index in [4.69, 9.17) is 14.9 Å². The summed E-state index contributed by atoms with van der Waals surface area (Å²) in [4.78, 5) is 21.5. The number of ether oxygens (including phenoxy) is 1. The van der Waals surface area contributed by atoms with Gasteiger partial charge in [0.15, 0.2) is 17.3 Å². The molecular formula is C12H12O6. The number of carboxylic acid groups (broad SMARTS) is 1. The molecule has 96 valence electrons. The molecule has 0 aliphatic carbocycles. The van der Waals surface area contributed by atoms with E-state index in [2.05, 4.69) is 0 Å². The van der Waals surface area contributed by atoms with E-state index in [0.29, 0.717) is 5.56 Å². The highest BCUT2D eigenvalue weighted by molar-refractivity contribution is 6.08. The van der Waals surface area contributed by atoms with Crippen molar-refractivity contribution in [1.82, 2.24) is 0 Å². The van der Waals surface area contributed by atoms with Gasteiger partial charge in [-0.25, -0.2) is 4.79 Å². The number of benzene rings is 1. The van der Waals surface area contributed by atoms with Gasteiger partial charge in [0.05, 0.1) is 7.11 Å². The van der Waals surface area contributed by atoms with Gasteiger partial charge in [-0.1, -0.05) is 12.1 Å². The van der Waals surface area contributed by atoms with Crippen LogP contribution in [0.25, 0.3) is 6.08 Å². The van der Waals surface area contributed by atoms with E-state index in [-0.39, 0.29) is 11.5 Å². The van der Waals surface area contributed by atoms with Gasteiger partial charge in [-0.05, 0) is 23.8 Å². The maximum absolute atomic E-state index is 11.2. The third-order valence-corrected chi connectivity index (χ3v) is 2.15. The summed E-state index contributed by atoms with van der Waals surface area (Å²) in [5.74, 6) is -2.36. The summed E-state index contributed by atoms with van der Waals surface area (Å²) in [7, 11) is 1.38. The summed E-state index contributed by atoms with van der Waals surface area (Å²) in [6.45, 7) is 0. The van der Waals surface area contributed by atoms with E-state index < -0.39 is 17.9 Å². The van der Waals surface area contributed by atoms with Gasteiger partial charge in [-0.2, -0.15) is 0 Å². The molecule has 6 heteroatoms. The lowest BCUT2D eigenvalue weighted by Crippen LogP contribution is -2.27. The molecule has 0 saturated carbocycles. The van der Waals surface area contributed by atoms with Gasteiger partial charge in [-0.3, -0.25) is 4.79 Å². The van der Waals surface area contributed by atoms with Crippen molar-refractivity contribution in [3.8, 4) is 11.5 Å². The largest absolute Gasteiger partial charge is 0.504 e. The quantitative estimate of drug-likeness (QED) is 0.518. The van der Waals surface area contributed by atoms with E-state index in [0.717, 1.165) is 6.08 Å². The van der Waals surface area contributed by atoms with Crippen LogP contribution >= 0.6 is 0 Å². The molecule has 0 saturated heterocycles. The van der Waals surface area contributed by atoms with Gasteiger partial charge in [-0.15, -0.1) is 0 Å². The van der Waals surface area contributed by atoms with Crippen molar-refractivity contribution < 1.29 is 29.6 Å². The summed E-state index contributed by atoms with van der Waals surface area (Å²) in [5, 5.41) is 26.7. The van der Waals surface area contributed by atoms with Gasteiger partial charge in [0, 0.05) is 0 Å². The smallest absolute Gasteiger partial charge is 0.340 e. The summed E-state index contributed by atoms with van der Waals surface area (Å²) in [6.07, 6.45) is 0.196. The predicted molar refractivity (Wildman–Crippen MR) is 62.3 cm³/mol. The molecule has 0 bridgehead atoms.